The number of amides is 1. The molecule has 0 radical (unpaired) electrons. The summed E-state index contributed by atoms with van der Waals surface area (Å²) in [6.07, 6.45) is 0.764. The zero-order chi connectivity index (χ0) is 13.4. The van der Waals surface area contributed by atoms with Gasteiger partial charge in [0, 0.05) is 6.54 Å². The predicted molar refractivity (Wildman–Crippen MR) is 71.2 cm³/mol. The van der Waals surface area contributed by atoms with E-state index >= 15 is 0 Å². The number of para-hydroxylation sites is 1. The maximum Gasteiger partial charge on any atom is 0.387 e. The Morgan fingerprint density at radius 2 is 2.00 bits per heavy atom. The number of halogens is 3. The highest BCUT2D eigenvalue weighted by Gasteiger charge is 2.14. The number of carbonyl (C=O) groups is 1. The van der Waals surface area contributed by atoms with Gasteiger partial charge in [-0.05, 0) is 32.1 Å². The van der Waals surface area contributed by atoms with E-state index < -0.39 is 12.5 Å². The van der Waals surface area contributed by atoms with Gasteiger partial charge in [0.25, 0.3) is 5.91 Å². The molecule has 4 nitrogen and oxygen atoms in total. The first-order chi connectivity index (χ1) is 8.65. The van der Waals surface area contributed by atoms with Crippen molar-refractivity contribution in [3.8, 4) is 5.75 Å². The molecule has 1 aromatic rings. The van der Waals surface area contributed by atoms with Crippen LogP contribution in [0.3, 0.4) is 0 Å². The van der Waals surface area contributed by atoms with Gasteiger partial charge >= 0.3 is 6.61 Å². The molecule has 0 saturated carbocycles. The summed E-state index contributed by atoms with van der Waals surface area (Å²) < 4.78 is 28.6. The molecular weight excluding hydrogens is 278 g/mol. The minimum Gasteiger partial charge on any atom is -0.434 e. The number of ether oxygens (including phenoxy) is 1. The van der Waals surface area contributed by atoms with E-state index in [4.69, 9.17) is 0 Å². The van der Waals surface area contributed by atoms with Crippen LogP contribution in [-0.4, -0.2) is 32.7 Å². The highest BCUT2D eigenvalue weighted by molar-refractivity contribution is 5.96. The van der Waals surface area contributed by atoms with Crippen LogP contribution < -0.4 is 15.4 Å². The van der Waals surface area contributed by atoms with Gasteiger partial charge < -0.3 is 15.4 Å². The summed E-state index contributed by atoms with van der Waals surface area (Å²) in [7, 11) is 1.81. The first kappa shape index (κ1) is 17.6. The molecule has 1 aromatic carbocycles. The number of nitrogens with one attached hydrogen (secondary N) is 2. The fourth-order valence-corrected chi connectivity index (χ4v) is 1.42. The minimum absolute atomic E-state index is 0. The molecule has 0 fully saturated rings. The van der Waals surface area contributed by atoms with E-state index in [1.165, 1.54) is 18.2 Å². The Morgan fingerprint density at radius 1 is 1.32 bits per heavy atom. The third-order valence-electron chi connectivity index (χ3n) is 2.24. The van der Waals surface area contributed by atoms with Crippen LogP contribution in [0.1, 0.15) is 16.8 Å². The molecule has 0 aliphatic rings. The van der Waals surface area contributed by atoms with Crippen LogP contribution in [0, 0.1) is 0 Å². The lowest BCUT2D eigenvalue weighted by atomic mass is 10.2. The SMILES string of the molecule is CNCCCNC(=O)c1ccccc1OC(F)F.Cl. The van der Waals surface area contributed by atoms with E-state index in [2.05, 4.69) is 15.4 Å². The van der Waals surface area contributed by atoms with Crippen molar-refractivity contribution in [1.82, 2.24) is 10.6 Å². The average Bonchev–Trinajstić information content (AvgIpc) is 2.34. The lowest BCUT2D eigenvalue weighted by molar-refractivity contribution is -0.0501. The van der Waals surface area contributed by atoms with Crippen molar-refractivity contribution in [1.29, 1.82) is 0 Å². The minimum atomic E-state index is -2.94. The van der Waals surface area contributed by atoms with Crippen LogP contribution >= 0.6 is 12.4 Å². The molecule has 1 rings (SSSR count). The molecule has 0 aliphatic carbocycles. The van der Waals surface area contributed by atoms with Crippen LogP contribution in [-0.2, 0) is 0 Å². The van der Waals surface area contributed by atoms with E-state index in [1.807, 2.05) is 7.05 Å². The van der Waals surface area contributed by atoms with Gasteiger partial charge in [0.1, 0.15) is 5.75 Å². The smallest absolute Gasteiger partial charge is 0.387 e. The molecule has 0 unspecified atom stereocenters. The van der Waals surface area contributed by atoms with Crippen molar-refractivity contribution in [2.45, 2.75) is 13.0 Å². The Balaban J connectivity index is 0.00000324. The van der Waals surface area contributed by atoms with Gasteiger partial charge in [-0.15, -0.1) is 12.4 Å². The van der Waals surface area contributed by atoms with E-state index in [1.54, 1.807) is 6.07 Å². The molecule has 19 heavy (non-hydrogen) atoms. The summed E-state index contributed by atoms with van der Waals surface area (Å²) >= 11 is 0. The highest BCUT2D eigenvalue weighted by atomic mass is 35.5. The van der Waals surface area contributed by atoms with Crippen molar-refractivity contribution in [3.63, 3.8) is 0 Å². The Bertz CT molecular complexity index is 392. The van der Waals surface area contributed by atoms with Gasteiger partial charge in [0.2, 0.25) is 0 Å². The third-order valence-corrected chi connectivity index (χ3v) is 2.24. The summed E-state index contributed by atoms with van der Waals surface area (Å²) in [6.45, 7) is -1.69. The van der Waals surface area contributed by atoms with E-state index in [-0.39, 0.29) is 23.7 Å². The molecule has 0 atom stereocenters. The Hall–Kier alpha value is -1.40. The van der Waals surface area contributed by atoms with Crippen molar-refractivity contribution in [3.05, 3.63) is 29.8 Å². The second-order valence-corrected chi connectivity index (χ2v) is 3.59. The van der Waals surface area contributed by atoms with Crippen LogP contribution in [0.4, 0.5) is 8.78 Å². The average molecular weight is 295 g/mol. The highest BCUT2D eigenvalue weighted by Crippen LogP contribution is 2.19. The maximum atomic E-state index is 12.2. The third kappa shape index (κ3) is 6.35. The molecular formula is C12H17ClF2N2O2. The number of carbonyl (C=O) groups excluding carboxylic acids is 1. The second-order valence-electron chi connectivity index (χ2n) is 3.59. The van der Waals surface area contributed by atoms with E-state index in [9.17, 15) is 13.6 Å². The number of alkyl halides is 2. The van der Waals surface area contributed by atoms with Crippen molar-refractivity contribution in [2.75, 3.05) is 20.1 Å². The first-order valence-electron chi connectivity index (χ1n) is 5.61. The topological polar surface area (TPSA) is 50.4 Å². The van der Waals surface area contributed by atoms with Gasteiger partial charge in [0.15, 0.2) is 0 Å². The van der Waals surface area contributed by atoms with Gasteiger partial charge in [-0.1, -0.05) is 12.1 Å². The number of rotatable bonds is 7. The van der Waals surface area contributed by atoms with Crippen molar-refractivity contribution >= 4 is 18.3 Å². The summed E-state index contributed by atoms with van der Waals surface area (Å²) in [5.74, 6) is -0.527. The second kappa shape index (κ2) is 9.52. The standard InChI is InChI=1S/C12H16F2N2O2.ClH/c1-15-7-4-8-16-11(17)9-5-2-3-6-10(9)18-12(13)14;/h2-3,5-6,12,15H,4,7-8H2,1H3,(H,16,17);1H. The van der Waals surface area contributed by atoms with E-state index in [0.29, 0.717) is 6.54 Å². The Morgan fingerprint density at radius 3 is 2.63 bits per heavy atom. The summed E-state index contributed by atoms with van der Waals surface area (Å²) in [5, 5.41) is 5.59. The number of hydrogen-bond donors (Lipinski definition) is 2. The molecule has 2 N–H and O–H groups in total. The maximum absolute atomic E-state index is 12.2. The molecule has 0 aliphatic heterocycles. The van der Waals surface area contributed by atoms with Crippen LogP contribution in [0.2, 0.25) is 0 Å². The lowest BCUT2D eigenvalue weighted by Crippen LogP contribution is -2.27. The first-order valence-corrected chi connectivity index (χ1v) is 5.61. The Kier molecular flexibility index (Phi) is 8.82. The predicted octanol–water partition coefficient (Wildman–Crippen LogP) is 2.05. The zero-order valence-electron chi connectivity index (χ0n) is 10.5. The van der Waals surface area contributed by atoms with Crippen LogP contribution in [0.25, 0.3) is 0 Å². The molecule has 0 aromatic heterocycles. The number of hydrogen-bond acceptors (Lipinski definition) is 3. The van der Waals surface area contributed by atoms with E-state index in [0.717, 1.165) is 13.0 Å². The lowest BCUT2D eigenvalue weighted by Gasteiger charge is -2.10. The summed E-state index contributed by atoms with van der Waals surface area (Å²) in [5.41, 5.74) is 0.113. The van der Waals surface area contributed by atoms with Gasteiger partial charge in [0.05, 0.1) is 5.56 Å². The molecule has 7 heteroatoms. The van der Waals surface area contributed by atoms with Gasteiger partial charge in [-0.2, -0.15) is 8.78 Å². The zero-order valence-corrected chi connectivity index (χ0v) is 11.3. The molecule has 0 bridgehead atoms. The van der Waals surface area contributed by atoms with Crippen LogP contribution in [0.15, 0.2) is 24.3 Å². The molecule has 0 heterocycles. The normalized spacial score (nSPS) is 9.89. The van der Waals surface area contributed by atoms with Crippen molar-refractivity contribution in [2.24, 2.45) is 0 Å². The monoisotopic (exact) mass is 294 g/mol. The largest absolute Gasteiger partial charge is 0.434 e. The van der Waals surface area contributed by atoms with Crippen molar-refractivity contribution < 1.29 is 18.3 Å². The fourth-order valence-electron chi connectivity index (χ4n) is 1.42. The Labute approximate surface area is 116 Å². The van der Waals surface area contributed by atoms with Gasteiger partial charge in [-0.25, -0.2) is 0 Å². The molecule has 108 valence electrons. The summed E-state index contributed by atoms with van der Waals surface area (Å²) in [6, 6.07) is 5.93. The van der Waals surface area contributed by atoms with Crippen LogP contribution in [0.5, 0.6) is 5.75 Å². The summed E-state index contributed by atoms with van der Waals surface area (Å²) in [4.78, 5) is 11.8. The molecule has 1 amide bonds. The fraction of sp³-hybridized carbons (Fsp3) is 0.417. The van der Waals surface area contributed by atoms with Gasteiger partial charge in [-0.3, -0.25) is 4.79 Å². The number of benzene rings is 1. The molecule has 0 saturated heterocycles. The molecule has 0 spiro atoms. The quantitative estimate of drug-likeness (QED) is 0.757.